The smallest absolute Gasteiger partial charge is 0.344 e. The number of nitrogens with zero attached hydrogens (tertiary/aromatic N) is 2. The van der Waals surface area contributed by atoms with Gasteiger partial charge in [0.25, 0.3) is 5.56 Å². The van der Waals surface area contributed by atoms with E-state index in [0.717, 1.165) is 16.7 Å². The molecule has 6 nitrogen and oxygen atoms in total. The minimum atomic E-state index is -0.538. The predicted molar refractivity (Wildman–Crippen MR) is 113 cm³/mol. The van der Waals surface area contributed by atoms with E-state index in [4.69, 9.17) is 9.47 Å². The normalized spacial score (nSPS) is 10.7. The minimum absolute atomic E-state index is 0.0951. The molecule has 0 aliphatic rings. The quantitative estimate of drug-likeness (QED) is 0.461. The van der Waals surface area contributed by atoms with Crippen LogP contribution in [0.25, 0.3) is 16.8 Å². The highest BCUT2D eigenvalue weighted by atomic mass is 16.6. The average Bonchev–Trinajstić information content (AvgIpc) is 2.77. The van der Waals surface area contributed by atoms with Gasteiger partial charge in [-0.2, -0.15) is 0 Å². The molecular formula is C24H20N2O4. The van der Waals surface area contributed by atoms with Crippen LogP contribution >= 0.6 is 0 Å². The van der Waals surface area contributed by atoms with E-state index in [1.165, 1.54) is 10.5 Å². The van der Waals surface area contributed by atoms with Gasteiger partial charge >= 0.3 is 5.97 Å². The molecule has 0 N–H and O–H groups in total. The molecule has 4 aromatic rings. The van der Waals surface area contributed by atoms with E-state index < -0.39 is 5.97 Å². The number of para-hydroxylation sites is 1. The molecule has 2 aromatic carbocycles. The van der Waals surface area contributed by atoms with E-state index in [1.807, 2.05) is 67.6 Å². The van der Waals surface area contributed by atoms with Crippen molar-refractivity contribution >= 4 is 11.6 Å². The number of hydrogen-bond acceptors (Lipinski definition) is 5. The molecule has 0 radical (unpaired) electrons. The second kappa shape index (κ2) is 8.61. The fourth-order valence-electron chi connectivity index (χ4n) is 3.11. The van der Waals surface area contributed by atoms with E-state index in [2.05, 4.69) is 4.98 Å². The van der Waals surface area contributed by atoms with Crippen molar-refractivity contribution in [2.24, 2.45) is 0 Å². The van der Waals surface area contributed by atoms with Crippen LogP contribution in [-0.2, 0) is 16.1 Å². The van der Waals surface area contributed by atoms with Crippen LogP contribution < -0.4 is 10.3 Å². The summed E-state index contributed by atoms with van der Waals surface area (Å²) in [6.07, 6.45) is 1.72. The molecule has 2 heterocycles. The summed E-state index contributed by atoms with van der Waals surface area (Å²) in [5, 5.41) is 0. The van der Waals surface area contributed by atoms with Crippen molar-refractivity contribution in [3.8, 4) is 16.9 Å². The Morgan fingerprint density at radius 1 is 1.00 bits per heavy atom. The number of ether oxygens (including phenoxy) is 2. The number of rotatable bonds is 6. The first-order valence-corrected chi connectivity index (χ1v) is 9.52. The summed E-state index contributed by atoms with van der Waals surface area (Å²) in [5.74, 6) is 0.0573. The molecule has 30 heavy (non-hydrogen) atoms. The van der Waals surface area contributed by atoms with Crippen LogP contribution in [0, 0.1) is 6.92 Å². The molecule has 150 valence electrons. The summed E-state index contributed by atoms with van der Waals surface area (Å²) in [7, 11) is 0. The zero-order chi connectivity index (χ0) is 20.9. The Hall–Kier alpha value is -3.93. The fourth-order valence-corrected chi connectivity index (χ4v) is 3.11. The highest BCUT2D eigenvalue weighted by Gasteiger charge is 2.10. The van der Waals surface area contributed by atoms with Gasteiger partial charge in [0.05, 0.1) is 5.69 Å². The molecule has 0 amide bonds. The molecule has 0 spiro atoms. The summed E-state index contributed by atoms with van der Waals surface area (Å²) in [6.45, 7) is 1.56. The van der Waals surface area contributed by atoms with Crippen LogP contribution in [0.3, 0.4) is 0 Å². The molecule has 4 rings (SSSR count). The number of aromatic nitrogens is 2. The van der Waals surface area contributed by atoms with E-state index in [-0.39, 0.29) is 18.8 Å². The van der Waals surface area contributed by atoms with Gasteiger partial charge in [0, 0.05) is 17.8 Å². The predicted octanol–water partition coefficient (Wildman–Crippen LogP) is 3.79. The van der Waals surface area contributed by atoms with Crippen molar-refractivity contribution in [3.63, 3.8) is 0 Å². The first-order chi connectivity index (χ1) is 14.6. The lowest BCUT2D eigenvalue weighted by Gasteiger charge is -2.11. The minimum Gasteiger partial charge on any atom is -0.481 e. The molecule has 0 bridgehead atoms. The van der Waals surface area contributed by atoms with Gasteiger partial charge in [-0.25, -0.2) is 9.78 Å². The highest BCUT2D eigenvalue weighted by molar-refractivity contribution is 5.73. The summed E-state index contributed by atoms with van der Waals surface area (Å²) >= 11 is 0. The zero-order valence-electron chi connectivity index (χ0n) is 16.4. The molecular weight excluding hydrogens is 380 g/mol. The lowest BCUT2D eigenvalue weighted by Crippen LogP contribution is -2.18. The maximum absolute atomic E-state index is 12.2. The van der Waals surface area contributed by atoms with Gasteiger partial charge in [0.15, 0.2) is 6.61 Å². The first kappa shape index (κ1) is 19.4. The topological polar surface area (TPSA) is 69.9 Å². The van der Waals surface area contributed by atoms with Gasteiger partial charge in [-0.1, -0.05) is 54.6 Å². The standard InChI is InChI=1S/C24H20N2O4/c1-17-11-12-22-25-19(13-23(27)26(22)14-17)15-30-24(28)16-29-21-10-6-5-9-20(21)18-7-3-2-4-8-18/h2-14H,15-16H2,1H3. The van der Waals surface area contributed by atoms with Crippen molar-refractivity contribution in [1.29, 1.82) is 0 Å². The van der Waals surface area contributed by atoms with E-state index in [9.17, 15) is 9.59 Å². The van der Waals surface area contributed by atoms with Crippen LogP contribution in [0.5, 0.6) is 5.75 Å². The Bertz CT molecular complexity index is 1250. The molecule has 0 unspecified atom stereocenters. The number of carbonyl (C=O) groups is 1. The molecule has 0 aliphatic heterocycles. The molecule has 0 saturated carbocycles. The second-order valence-electron chi connectivity index (χ2n) is 6.83. The maximum atomic E-state index is 12.2. The first-order valence-electron chi connectivity index (χ1n) is 9.52. The summed E-state index contributed by atoms with van der Waals surface area (Å²) in [5.41, 5.74) is 3.53. The highest BCUT2D eigenvalue weighted by Crippen LogP contribution is 2.29. The summed E-state index contributed by atoms with van der Waals surface area (Å²) < 4.78 is 12.4. The van der Waals surface area contributed by atoms with Crippen molar-refractivity contribution in [2.75, 3.05) is 6.61 Å². The van der Waals surface area contributed by atoms with Gasteiger partial charge in [0.2, 0.25) is 0 Å². The van der Waals surface area contributed by atoms with Crippen molar-refractivity contribution < 1.29 is 14.3 Å². The van der Waals surface area contributed by atoms with Gasteiger partial charge in [0.1, 0.15) is 18.0 Å². The molecule has 0 aliphatic carbocycles. The van der Waals surface area contributed by atoms with Gasteiger partial charge in [-0.05, 0) is 30.2 Å². The lowest BCUT2D eigenvalue weighted by atomic mass is 10.1. The van der Waals surface area contributed by atoms with Gasteiger partial charge < -0.3 is 9.47 Å². The Morgan fingerprint density at radius 3 is 2.60 bits per heavy atom. The summed E-state index contributed by atoms with van der Waals surface area (Å²) in [6, 6.07) is 22.3. The largest absolute Gasteiger partial charge is 0.481 e. The third kappa shape index (κ3) is 4.38. The number of aryl methyl sites for hydroxylation is 1. The molecule has 2 aromatic heterocycles. The SMILES string of the molecule is Cc1ccc2nc(COC(=O)COc3ccccc3-c3ccccc3)cc(=O)n2c1. The monoisotopic (exact) mass is 400 g/mol. The van der Waals surface area contributed by atoms with E-state index >= 15 is 0 Å². The van der Waals surface area contributed by atoms with Gasteiger partial charge in [-0.15, -0.1) is 0 Å². The summed E-state index contributed by atoms with van der Waals surface area (Å²) in [4.78, 5) is 28.8. The van der Waals surface area contributed by atoms with Crippen molar-refractivity contribution in [3.05, 3.63) is 101 Å². The van der Waals surface area contributed by atoms with Crippen LogP contribution in [0.2, 0.25) is 0 Å². The maximum Gasteiger partial charge on any atom is 0.344 e. The third-order valence-corrected chi connectivity index (χ3v) is 4.56. The number of carbonyl (C=O) groups excluding carboxylic acids is 1. The second-order valence-corrected chi connectivity index (χ2v) is 6.83. The number of esters is 1. The molecule has 0 fully saturated rings. The van der Waals surface area contributed by atoms with Crippen LogP contribution in [0.1, 0.15) is 11.3 Å². The van der Waals surface area contributed by atoms with Gasteiger partial charge in [-0.3, -0.25) is 9.20 Å². The lowest BCUT2D eigenvalue weighted by molar-refractivity contribution is -0.147. The van der Waals surface area contributed by atoms with E-state index in [1.54, 1.807) is 12.3 Å². The third-order valence-electron chi connectivity index (χ3n) is 4.56. The Morgan fingerprint density at radius 2 is 1.77 bits per heavy atom. The number of fused-ring (bicyclic) bond motifs is 1. The fraction of sp³-hybridized carbons (Fsp3) is 0.125. The number of benzene rings is 2. The Kier molecular flexibility index (Phi) is 5.57. The number of hydrogen-bond donors (Lipinski definition) is 0. The van der Waals surface area contributed by atoms with Crippen LogP contribution in [0.4, 0.5) is 0 Å². The van der Waals surface area contributed by atoms with Crippen molar-refractivity contribution in [1.82, 2.24) is 9.38 Å². The van der Waals surface area contributed by atoms with Crippen LogP contribution in [0.15, 0.2) is 83.8 Å². The van der Waals surface area contributed by atoms with Crippen molar-refractivity contribution in [2.45, 2.75) is 13.5 Å². The molecule has 0 atom stereocenters. The van der Waals surface area contributed by atoms with Crippen LogP contribution in [-0.4, -0.2) is 22.0 Å². The Balaban J connectivity index is 1.40. The Labute approximate surface area is 173 Å². The van der Waals surface area contributed by atoms with E-state index in [0.29, 0.717) is 17.1 Å². The zero-order valence-corrected chi connectivity index (χ0v) is 16.4. The average molecular weight is 400 g/mol. The number of pyridine rings is 1. The molecule has 0 saturated heterocycles. The molecule has 6 heteroatoms.